The first-order valence-electron chi connectivity index (χ1n) is 6.72. The first-order chi connectivity index (χ1) is 9.69. The van der Waals surface area contributed by atoms with Gasteiger partial charge < -0.3 is 5.32 Å². The maximum Gasteiger partial charge on any atom is 0.107 e. The highest BCUT2D eigenvalue weighted by atomic mass is 15.3. The van der Waals surface area contributed by atoms with E-state index in [1.54, 1.807) is 6.20 Å². The smallest absolute Gasteiger partial charge is 0.107 e. The van der Waals surface area contributed by atoms with Gasteiger partial charge >= 0.3 is 0 Å². The van der Waals surface area contributed by atoms with E-state index in [9.17, 15) is 0 Å². The van der Waals surface area contributed by atoms with Crippen molar-refractivity contribution in [1.82, 2.24) is 25.0 Å². The second-order valence-electron chi connectivity index (χ2n) is 5.26. The molecular weight excluding hydrogens is 252 g/mol. The van der Waals surface area contributed by atoms with E-state index >= 15 is 0 Å². The predicted molar refractivity (Wildman–Crippen MR) is 79.5 cm³/mol. The van der Waals surface area contributed by atoms with Crippen molar-refractivity contribution in [2.24, 2.45) is 5.92 Å². The van der Waals surface area contributed by atoms with Crippen molar-refractivity contribution >= 4 is 16.6 Å². The Morgan fingerprint density at radius 3 is 2.90 bits per heavy atom. The Morgan fingerprint density at radius 2 is 2.15 bits per heavy atom. The van der Waals surface area contributed by atoms with Gasteiger partial charge in [0.15, 0.2) is 0 Å². The van der Waals surface area contributed by atoms with Gasteiger partial charge in [-0.3, -0.25) is 14.8 Å². The van der Waals surface area contributed by atoms with Crippen molar-refractivity contribution < 1.29 is 0 Å². The van der Waals surface area contributed by atoms with Crippen molar-refractivity contribution in [2.75, 3.05) is 12.4 Å². The second kappa shape index (κ2) is 4.96. The molecule has 0 spiro atoms. The van der Waals surface area contributed by atoms with Gasteiger partial charge in [-0.2, -0.15) is 10.2 Å². The van der Waals surface area contributed by atoms with E-state index in [4.69, 9.17) is 0 Å². The Hall–Kier alpha value is -2.37. The molecule has 0 unspecified atom stereocenters. The van der Waals surface area contributed by atoms with Crippen molar-refractivity contribution in [3.8, 4) is 11.4 Å². The van der Waals surface area contributed by atoms with Crippen LogP contribution in [0.3, 0.4) is 0 Å². The number of nitrogens with one attached hydrogen (secondary N) is 2. The lowest BCUT2D eigenvalue weighted by Crippen LogP contribution is -2.05. The third-order valence-electron chi connectivity index (χ3n) is 3.23. The molecule has 3 heterocycles. The monoisotopic (exact) mass is 270 g/mol. The summed E-state index contributed by atoms with van der Waals surface area (Å²) >= 11 is 0. The summed E-state index contributed by atoms with van der Waals surface area (Å²) in [6.07, 6.45) is 5.47. The number of rotatable bonds is 4. The summed E-state index contributed by atoms with van der Waals surface area (Å²) in [4.78, 5) is 4.49. The lowest BCUT2D eigenvalue weighted by atomic mass is 10.2. The Kier molecular flexibility index (Phi) is 3.14. The lowest BCUT2D eigenvalue weighted by Gasteiger charge is -2.07. The van der Waals surface area contributed by atoms with Crippen LogP contribution in [0, 0.1) is 5.92 Å². The van der Waals surface area contributed by atoms with E-state index in [0.29, 0.717) is 5.92 Å². The predicted octanol–water partition coefficient (Wildman–Crippen LogP) is 2.52. The van der Waals surface area contributed by atoms with Crippen molar-refractivity contribution in [2.45, 2.75) is 20.4 Å². The molecule has 0 bridgehead atoms. The van der Waals surface area contributed by atoms with Crippen LogP contribution < -0.4 is 5.32 Å². The molecule has 0 aliphatic carbocycles. The molecule has 20 heavy (non-hydrogen) atoms. The summed E-state index contributed by atoms with van der Waals surface area (Å²) in [6, 6.07) is 2.05. The summed E-state index contributed by atoms with van der Waals surface area (Å²) < 4.78 is 2.03. The van der Waals surface area contributed by atoms with Gasteiger partial charge in [-0.15, -0.1) is 0 Å². The fourth-order valence-electron chi connectivity index (χ4n) is 2.27. The van der Waals surface area contributed by atoms with E-state index < -0.39 is 0 Å². The van der Waals surface area contributed by atoms with E-state index in [2.05, 4.69) is 45.5 Å². The largest absolute Gasteiger partial charge is 0.385 e. The number of anilines is 1. The van der Waals surface area contributed by atoms with Gasteiger partial charge in [0.05, 0.1) is 29.3 Å². The Morgan fingerprint density at radius 1 is 1.30 bits per heavy atom. The third-order valence-corrected chi connectivity index (χ3v) is 3.23. The molecule has 0 radical (unpaired) electrons. The third kappa shape index (κ3) is 2.13. The molecule has 0 aliphatic rings. The summed E-state index contributed by atoms with van der Waals surface area (Å²) in [6.45, 7) is 5.27. The summed E-state index contributed by atoms with van der Waals surface area (Å²) in [5, 5.41) is 15.6. The lowest BCUT2D eigenvalue weighted by molar-refractivity contribution is 0.495. The summed E-state index contributed by atoms with van der Waals surface area (Å²) in [7, 11) is 1.87. The number of H-pyrrole nitrogens is 1. The number of aromatic amines is 1. The van der Waals surface area contributed by atoms with Crippen LogP contribution in [-0.2, 0) is 6.54 Å². The van der Waals surface area contributed by atoms with Crippen LogP contribution >= 0.6 is 0 Å². The average Bonchev–Trinajstić information content (AvgIpc) is 3.04. The van der Waals surface area contributed by atoms with E-state index in [1.165, 1.54) is 0 Å². The molecule has 2 N–H and O–H groups in total. The topological polar surface area (TPSA) is 71.4 Å². The second-order valence-corrected chi connectivity index (χ2v) is 5.26. The maximum atomic E-state index is 4.49. The molecule has 0 atom stereocenters. The molecule has 0 saturated heterocycles. The normalized spacial score (nSPS) is 11.4. The number of fused-ring (bicyclic) bond motifs is 1. The molecule has 6 nitrogen and oxygen atoms in total. The first-order valence-corrected chi connectivity index (χ1v) is 6.72. The molecular formula is C14H18N6. The number of hydrogen-bond acceptors (Lipinski definition) is 4. The fourth-order valence-corrected chi connectivity index (χ4v) is 2.27. The zero-order valence-corrected chi connectivity index (χ0v) is 11.9. The van der Waals surface area contributed by atoms with Crippen LogP contribution in [0.2, 0.25) is 0 Å². The minimum absolute atomic E-state index is 0.551. The van der Waals surface area contributed by atoms with Gasteiger partial charge in [0.25, 0.3) is 0 Å². The SMILES string of the molecule is CNc1cn[nH]c1-c1cc2c(cn1)cnn2CC(C)C. The minimum Gasteiger partial charge on any atom is -0.385 e. The molecule has 6 heteroatoms. The first kappa shape index (κ1) is 12.7. The van der Waals surface area contributed by atoms with Crippen LogP contribution in [0.5, 0.6) is 0 Å². The molecule has 0 aliphatic heterocycles. The quantitative estimate of drug-likeness (QED) is 0.764. The Balaban J connectivity index is 2.09. The van der Waals surface area contributed by atoms with E-state index in [-0.39, 0.29) is 0 Å². The van der Waals surface area contributed by atoms with E-state index in [1.807, 2.05) is 24.1 Å². The van der Waals surface area contributed by atoms with Crippen LogP contribution in [-0.4, -0.2) is 32.0 Å². The highest BCUT2D eigenvalue weighted by Gasteiger charge is 2.11. The van der Waals surface area contributed by atoms with Crippen molar-refractivity contribution in [3.63, 3.8) is 0 Å². The van der Waals surface area contributed by atoms with Crippen molar-refractivity contribution in [1.29, 1.82) is 0 Å². The minimum atomic E-state index is 0.551. The van der Waals surface area contributed by atoms with Gasteiger partial charge in [0.1, 0.15) is 5.69 Å². The standard InChI is InChI=1S/C14H18N6/c1-9(2)8-20-13-4-11(16-5-10(13)6-18-20)14-12(15-3)7-17-19-14/h4-7,9,15H,8H2,1-3H3,(H,17,19). The van der Waals surface area contributed by atoms with Crippen LogP contribution in [0.25, 0.3) is 22.3 Å². The molecule has 3 aromatic rings. The Bertz CT molecular complexity index is 724. The summed E-state index contributed by atoms with van der Waals surface area (Å²) in [5.41, 5.74) is 3.80. The highest BCUT2D eigenvalue weighted by molar-refractivity contribution is 5.83. The molecule has 3 rings (SSSR count). The number of hydrogen-bond donors (Lipinski definition) is 2. The average molecular weight is 270 g/mol. The highest BCUT2D eigenvalue weighted by Crippen LogP contribution is 2.26. The molecule has 104 valence electrons. The van der Waals surface area contributed by atoms with Crippen LogP contribution in [0.1, 0.15) is 13.8 Å². The van der Waals surface area contributed by atoms with Gasteiger partial charge in [-0.25, -0.2) is 0 Å². The van der Waals surface area contributed by atoms with Gasteiger partial charge in [0.2, 0.25) is 0 Å². The Labute approximate surface area is 117 Å². The summed E-state index contributed by atoms with van der Waals surface area (Å²) in [5.74, 6) is 0.551. The zero-order chi connectivity index (χ0) is 14.1. The zero-order valence-electron chi connectivity index (χ0n) is 11.9. The number of aromatic nitrogens is 5. The van der Waals surface area contributed by atoms with Gasteiger partial charge in [-0.1, -0.05) is 13.8 Å². The molecule has 0 amide bonds. The van der Waals surface area contributed by atoms with Gasteiger partial charge in [0, 0.05) is 25.2 Å². The molecule has 3 aromatic heterocycles. The molecule has 0 aromatic carbocycles. The van der Waals surface area contributed by atoms with Crippen LogP contribution in [0.4, 0.5) is 5.69 Å². The number of nitrogens with zero attached hydrogens (tertiary/aromatic N) is 4. The maximum absolute atomic E-state index is 4.49. The fraction of sp³-hybridized carbons (Fsp3) is 0.357. The van der Waals surface area contributed by atoms with E-state index in [0.717, 1.165) is 34.5 Å². The van der Waals surface area contributed by atoms with Crippen LogP contribution in [0.15, 0.2) is 24.7 Å². The van der Waals surface area contributed by atoms with Gasteiger partial charge in [-0.05, 0) is 12.0 Å². The number of pyridine rings is 1. The molecule has 0 saturated carbocycles. The molecule has 0 fully saturated rings. The van der Waals surface area contributed by atoms with Crippen molar-refractivity contribution in [3.05, 3.63) is 24.7 Å².